The molecule has 0 aliphatic rings. The van der Waals surface area contributed by atoms with Gasteiger partial charge in [-0.05, 0) is 22.0 Å². The molecule has 0 unspecified atom stereocenters. The van der Waals surface area contributed by atoms with Crippen molar-refractivity contribution in [3.8, 4) is 5.75 Å². The van der Waals surface area contributed by atoms with Crippen molar-refractivity contribution in [1.82, 2.24) is 0 Å². The number of anilines is 1. The van der Waals surface area contributed by atoms with Gasteiger partial charge in [0.15, 0.2) is 0 Å². The second kappa shape index (κ2) is 3.64. The van der Waals surface area contributed by atoms with Crippen LogP contribution in [0.25, 0.3) is 0 Å². The Bertz CT molecular complexity index is 352. The van der Waals surface area contributed by atoms with Gasteiger partial charge >= 0.3 is 6.36 Å². The lowest BCUT2D eigenvalue weighted by molar-refractivity contribution is -0.274. The molecule has 2 nitrogen and oxygen atoms in total. The molecule has 1 rings (SSSR count). The Morgan fingerprint density at radius 2 is 1.86 bits per heavy atom. The summed E-state index contributed by atoms with van der Waals surface area (Å²) in [7, 11) is 0. The van der Waals surface area contributed by atoms with Gasteiger partial charge in [0.25, 0.3) is 0 Å². The number of rotatable bonds is 1. The van der Waals surface area contributed by atoms with Gasteiger partial charge in [-0.25, -0.2) is 4.39 Å². The van der Waals surface area contributed by atoms with E-state index in [9.17, 15) is 17.6 Å². The zero-order valence-electron chi connectivity index (χ0n) is 6.53. The molecule has 0 radical (unpaired) electrons. The van der Waals surface area contributed by atoms with E-state index in [1.165, 1.54) is 0 Å². The number of alkyl halides is 3. The minimum absolute atomic E-state index is 0.0614. The van der Waals surface area contributed by atoms with Crippen molar-refractivity contribution in [2.75, 3.05) is 5.73 Å². The molecule has 0 atom stereocenters. The van der Waals surface area contributed by atoms with E-state index < -0.39 is 17.9 Å². The van der Waals surface area contributed by atoms with Crippen LogP contribution in [0.2, 0.25) is 0 Å². The fourth-order valence-corrected chi connectivity index (χ4v) is 1.19. The van der Waals surface area contributed by atoms with Crippen LogP contribution >= 0.6 is 15.9 Å². The van der Waals surface area contributed by atoms with Gasteiger partial charge in [-0.15, -0.1) is 13.2 Å². The standard InChI is InChI=1S/C7H4BrF4NO/c8-3-1-5(13)4(9)2-6(3)14-7(10,11)12/h1-2H,13H2. The molecule has 0 spiro atoms. The van der Waals surface area contributed by atoms with E-state index in [-0.39, 0.29) is 10.2 Å². The maximum atomic E-state index is 12.7. The van der Waals surface area contributed by atoms with E-state index in [0.717, 1.165) is 6.07 Å². The first-order valence-corrected chi connectivity index (χ1v) is 4.09. The fraction of sp³-hybridized carbons (Fsp3) is 0.143. The Kier molecular flexibility index (Phi) is 2.89. The lowest BCUT2D eigenvalue weighted by Gasteiger charge is -2.11. The molecule has 0 aromatic heterocycles. The number of halogens is 5. The third kappa shape index (κ3) is 2.76. The summed E-state index contributed by atoms with van der Waals surface area (Å²) in [4.78, 5) is 0. The minimum atomic E-state index is -4.86. The summed E-state index contributed by atoms with van der Waals surface area (Å²) in [5.74, 6) is -1.63. The molecule has 0 heterocycles. The Morgan fingerprint density at radius 3 is 2.36 bits per heavy atom. The van der Waals surface area contributed by atoms with E-state index >= 15 is 0 Å². The third-order valence-corrected chi connectivity index (χ3v) is 1.90. The predicted octanol–water partition coefficient (Wildman–Crippen LogP) is 3.07. The van der Waals surface area contributed by atoms with Gasteiger partial charge in [0.2, 0.25) is 0 Å². The molecule has 14 heavy (non-hydrogen) atoms. The first-order chi connectivity index (χ1) is 6.29. The maximum Gasteiger partial charge on any atom is 0.573 e. The first-order valence-electron chi connectivity index (χ1n) is 3.30. The van der Waals surface area contributed by atoms with E-state index in [2.05, 4.69) is 20.7 Å². The molecule has 1 aromatic carbocycles. The van der Waals surface area contributed by atoms with Gasteiger partial charge in [0, 0.05) is 6.07 Å². The van der Waals surface area contributed by atoms with Crippen molar-refractivity contribution in [3.63, 3.8) is 0 Å². The van der Waals surface area contributed by atoms with Crippen LogP contribution in [0, 0.1) is 5.82 Å². The molecule has 0 saturated carbocycles. The van der Waals surface area contributed by atoms with Crippen molar-refractivity contribution in [2.24, 2.45) is 0 Å². The second-order valence-corrected chi connectivity index (χ2v) is 3.21. The fourth-order valence-electron chi connectivity index (χ4n) is 0.747. The van der Waals surface area contributed by atoms with Crippen molar-refractivity contribution < 1.29 is 22.3 Å². The summed E-state index contributed by atoms with van der Waals surface area (Å²) in [5.41, 5.74) is 4.85. The third-order valence-electron chi connectivity index (χ3n) is 1.28. The molecule has 0 saturated heterocycles. The van der Waals surface area contributed by atoms with Crippen LogP contribution in [0.5, 0.6) is 5.75 Å². The van der Waals surface area contributed by atoms with E-state index in [0.29, 0.717) is 6.07 Å². The Labute approximate surface area is 84.8 Å². The maximum absolute atomic E-state index is 12.7. The summed E-state index contributed by atoms with van der Waals surface area (Å²) >= 11 is 2.76. The minimum Gasteiger partial charge on any atom is -0.404 e. The topological polar surface area (TPSA) is 35.2 Å². The highest BCUT2D eigenvalue weighted by Crippen LogP contribution is 2.33. The van der Waals surface area contributed by atoms with E-state index in [1.54, 1.807) is 0 Å². The Balaban J connectivity index is 3.04. The van der Waals surface area contributed by atoms with Gasteiger partial charge in [-0.3, -0.25) is 0 Å². The molecule has 7 heteroatoms. The van der Waals surface area contributed by atoms with Crippen LogP contribution in [-0.2, 0) is 0 Å². The summed E-state index contributed by atoms with van der Waals surface area (Å²) in [6.45, 7) is 0. The quantitative estimate of drug-likeness (QED) is 0.631. The zero-order chi connectivity index (χ0) is 10.9. The molecule has 0 bridgehead atoms. The van der Waals surface area contributed by atoms with Crippen LogP contribution in [-0.4, -0.2) is 6.36 Å². The number of nitrogen functional groups attached to an aromatic ring is 1. The molecule has 78 valence electrons. The van der Waals surface area contributed by atoms with Crippen molar-refractivity contribution >= 4 is 21.6 Å². The van der Waals surface area contributed by atoms with Gasteiger partial charge in [-0.1, -0.05) is 0 Å². The largest absolute Gasteiger partial charge is 0.573 e. The molecular formula is C7H4BrF4NO. The van der Waals surface area contributed by atoms with E-state index in [1.807, 2.05) is 0 Å². The number of benzene rings is 1. The highest BCUT2D eigenvalue weighted by atomic mass is 79.9. The lowest BCUT2D eigenvalue weighted by atomic mass is 10.3. The van der Waals surface area contributed by atoms with Gasteiger partial charge < -0.3 is 10.5 Å². The first kappa shape index (κ1) is 11.1. The molecule has 2 N–H and O–H groups in total. The van der Waals surface area contributed by atoms with Crippen LogP contribution in [0.3, 0.4) is 0 Å². The number of nitrogens with two attached hydrogens (primary N) is 1. The molecule has 0 amide bonds. The Hall–Kier alpha value is -0.980. The second-order valence-electron chi connectivity index (χ2n) is 2.35. The normalized spacial score (nSPS) is 11.5. The van der Waals surface area contributed by atoms with Crippen LogP contribution in [0.1, 0.15) is 0 Å². The van der Waals surface area contributed by atoms with Crippen molar-refractivity contribution in [2.45, 2.75) is 6.36 Å². The highest BCUT2D eigenvalue weighted by molar-refractivity contribution is 9.10. The SMILES string of the molecule is Nc1cc(Br)c(OC(F)(F)F)cc1F. The highest BCUT2D eigenvalue weighted by Gasteiger charge is 2.32. The average molecular weight is 274 g/mol. The van der Waals surface area contributed by atoms with E-state index in [4.69, 9.17) is 5.73 Å². The molecule has 0 aliphatic carbocycles. The number of hydrogen-bond donors (Lipinski definition) is 1. The molecule has 0 fully saturated rings. The Morgan fingerprint density at radius 1 is 1.29 bits per heavy atom. The van der Waals surface area contributed by atoms with Gasteiger partial charge in [0.05, 0.1) is 10.2 Å². The van der Waals surface area contributed by atoms with Gasteiger partial charge in [-0.2, -0.15) is 0 Å². The summed E-state index contributed by atoms with van der Waals surface area (Å²) in [6, 6.07) is 1.56. The summed E-state index contributed by atoms with van der Waals surface area (Å²) in [5, 5.41) is 0. The zero-order valence-corrected chi connectivity index (χ0v) is 8.12. The monoisotopic (exact) mass is 273 g/mol. The van der Waals surface area contributed by atoms with Crippen molar-refractivity contribution in [1.29, 1.82) is 0 Å². The summed E-state index contributed by atoms with van der Waals surface area (Å²) in [6.07, 6.45) is -4.86. The van der Waals surface area contributed by atoms with Crippen LogP contribution in [0.15, 0.2) is 16.6 Å². The lowest BCUT2D eigenvalue weighted by Crippen LogP contribution is -2.17. The van der Waals surface area contributed by atoms with Crippen LogP contribution in [0.4, 0.5) is 23.2 Å². The molecule has 0 aliphatic heterocycles. The summed E-state index contributed by atoms with van der Waals surface area (Å²) < 4.78 is 51.5. The van der Waals surface area contributed by atoms with Crippen LogP contribution < -0.4 is 10.5 Å². The van der Waals surface area contributed by atoms with Gasteiger partial charge in [0.1, 0.15) is 11.6 Å². The smallest absolute Gasteiger partial charge is 0.404 e. The average Bonchev–Trinajstić information content (AvgIpc) is 1.97. The predicted molar refractivity (Wildman–Crippen MR) is 45.2 cm³/mol. The molecular weight excluding hydrogens is 270 g/mol. The molecule has 1 aromatic rings. The number of hydrogen-bond acceptors (Lipinski definition) is 2. The number of ether oxygens (including phenoxy) is 1. The van der Waals surface area contributed by atoms with Crippen molar-refractivity contribution in [3.05, 3.63) is 22.4 Å².